The van der Waals surface area contributed by atoms with E-state index in [1.807, 2.05) is 0 Å². The zero-order valence-electron chi connectivity index (χ0n) is 7.80. The maximum Gasteiger partial charge on any atom is 0.205 e. The molecular weight excluding hydrogens is 214 g/mol. The minimum atomic E-state index is 0.404. The van der Waals surface area contributed by atoms with Crippen molar-refractivity contribution in [2.75, 3.05) is 5.32 Å². The van der Waals surface area contributed by atoms with E-state index in [4.69, 9.17) is 0 Å². The lowest BCUT2D eigenvalue weighted by Crippen LogP contribution is -2.17. The fourth-order valence-corrected chi connectivity index (χ4v) is 2.62. The van der Waals surface area contributed by atoms with Crippen molar-refractivity contribution in [1.29, 1.82) is 0 Å². The van der Waals surface area contributed by atoms with Gasteiger partial charge in [0, 0.05) is 17.3 Å². The lowest BCUT2D eigenvalue weighted by Gasteiger charge is -2.10. The minimum absolute atomic E-state index is 0.404. The largest absolute Gasteiger partial charge is 0.357 e. The first-order valence-electron chi connectivity index (χ1n) is 4.39. The molecule has 0 aliphatic carbocycles. The molecule has 0 saturated carbocycles. The number of thiophene rings is 1. The summed E-state index contributed by atoms with van der Waals surface area (Å²) in [5.41, 5.74) is 1.74. The maximum absolute atomic E-state index is 3.95. The zero-order chi connectivity index (χ0) is 9.80. The van der Waals surface area contributed by atoms with Crippen molar-refractivity contribution in [3.05, 3.63) is 27.9 Å². The van der Waals surface area contributed by atoms with Gasteiger partial charge in [-0.05, 0) is 18.4 Å². The predicted octanol–water partition coefficient (Wildman–Crippen LogP) is 2.64. The molecule has 74 valence electrons. The average Bonchev–Trinajstić information content (AvgIpc) is 2.76. The molecule has 0 radical (unpaired) electrons. The van der Waals surface area contributed by atoms with Crippen LogP contribution in [0.5, 0.6) is 0 Å². The third-order valence-corrected chi connectivity index (χ3v) is 3.34. The second-order valence-corrected chi connectivity index (χ2v) is 4.94. The fourth-order valence-electron chi connectivity index (χ4n) is 1.23. The molecule has 0 saturated heterocycles. The number of anilines is 1. The van der Waals surface area contributed by atoms with E-state index < -0.39 is 0 Å². The molecule has 0 aliphatic heterocycles. The maximum atomic E-state index is 3.95. The highest BCUT2D eigenvalue weighted by Crippen LogP contribution is 2.15. The molecule has 14 heavy (non-hydrogen) atoms. The van der Waals surface area contributed by atoms with Gasteiger partial charge in [0.05, 0.1) is 0 Å². The number of hydrogen-bond acceptors (Lipinski definition) is 5. The van der Waals surface area contributed by atoms with Crippen LogP contribution in [0.15, 0.2) is 23.0 Å². The summed E-state index contributed by atoms with van der Waals surface area (Å²) in [5, 5.41) is 14.0. The minimum Gasteiger partial charge on any atom is -0.357 e. The van der Waals surface area contributed by atoms with E-state index in [0.29, 0.717) is 6.04 Å². The molecule has 0 aromatic carbocycles. The number of nitrogens with one attached hydrogen (secondary N) is 1. The average molecular weight is 225 g/mol. The summed E-state index contributed by atoms with van der Waals surface area (Å²) in [6.45, 7) is 2.15. The topological polar surface area (TPSA) is 37.8 Å². The van der Waals surface area contributed by atoms with Crippen LogP contribution in [0.25, 0.3) is 0 Å². The van der Waals surface area contributed by atoms with Gasteiger partial charge in [-0.2, -0.15) is 0 Å². The summed E-state index contributed by atoms with van der Waals surface area (Å²) in [7, 11) is 0. The Balaban J connectivity index is 1.88. The van der Waals surface area contributed by atoms with Crippen LogP contribution in [0.4, 0.5) is 5.13 Å². The van der Waals surface area contributed by atoms with E-state index in [9.17, 15) is 0 Å². The molecule has 1 unspecified atom stereocenters. The molecule has 3 nitrogen and oxygen atoms in total. The molecule has 0 spiro atoms. The van der Waals surface area contributed by atoms with Gasteiger partial charge in [0.15, 0.2) is 0 Å². The van der Waals surface area contributed by atoms with Crippen molar-refractivity contribution in [3.63, 3.8) is 0 Å². The SMILES string of the molecule is CC(Cc1cccs1)Nc1nncs1. The van der Waals surface area contributed by atoms with Gasteiger partial charge in [0.1, 0.15) is 5.51 Å². The number of hydrogen-bond donors (Lipinski definition) is 1. The normalized spacial score (nSPS) is 12.6. The Morgan fingerprint density at radius 3 is 3.07 bits per heavy atom. The van der Waals surface area contributed by atoms with E-state index in [0.717, 1.165) is 11.6 Å². The summed E-state index contributed by atoms with van der Waals surface area (Å²) in [5.74, 6) is 0. The third kappa shape index (κ3) is 2.52. The molecule has 1 N–H and O–H groups in total. The standard InChI is InChI=1S/C9H11N3S2/c1-7(5-8-3-2-4-13-8)11-9-12-10-6-14-9/h2-4,6-7H,5H2,1H3,(H,11,12). The van der Waals surface area contributed by atoms with Crippen LogP contribution >= 0.6 is 22.7 Å². The van der Waals surface area contributed by atoms with Crippen LogP contribution < -0.4 is 5.32 Å². The summed E-state index contributed by atoms with van der Waals surface area (Å²) in [6, 6.07) is 4.64. The van der Waals surface area contributed by atoms with Crippen molar-refractivity contribution in [3.8, 4) is 0 Å². The molecule has 5 heteroatoms. The number of aromatic nitrogens is 2. The summed E-state index contributed by atoms with van der Waals surface area (Å²) in [6.07, 6.45) is 1.04. The summed E-state index contributed by atoms with van der Waals surface area (Å²) < 4.78 is 0. The second-order valence-electron chi connectivity index (χ2n) is 3.07. The van der Waals surface area contributed by atoms with E-state index >= 15 is 0 Å². The van der Waals surface area contributed by atoms with Crippen LogP contribution in [0, 0.1) is 0 Å². The Kier molecular flexibility index (Phi) is 3.10. The Hall–Kier alpha value is -0.940. The van der Waals surface area contributed by atoms with Gasteiger partial charge in [-0.15, -0.1) is 21.5 Å². The van der Waals surface area contributed by atoms with E-state index in [-0.39, 0.29) is 0 Å². The Morgan fingerprint density at radius 2 is 2.43 bits per heavy atom. The highest BCUT2D eigenvalue weighted by atomic mass is 32.1. The van der Waals surface area contributed by atoms with Gasteiger partial charge in [0.25, 0.3) is 0 Å². The van der Waals surface area contributed by atoms with Gasteiger partial charge in [-0.1, -0.05) is 17.4 Å². The lowest BCUT2D eigenvalue weighted by atomic mass is 10.2. The van der Waals surface area contributed by atoms with Crippen molar-refractivity contribution in [2.24, 2.45) is 0 Å². The zero-order valence-corrected chi connectivity index (χ0v) is 9.44. The number of rotatable bonds is 4. The second kappa shape index (κ2) is 4.52. The van der Waals surface area contributed by atoms with Crippen LogP contribution in [-0.4, -0.2) is 16.2 Å². The van der Waals surface area contributed by atoms with Crippen LogP contribution in [-0.2, 0) is 6.42 Å². The Bertz CT molecular complexity index is 319. The molecule has 2 heterocycles. The fraction of sp³-hybridized carbons (Fsp3) is 0.333. The predicted molar refractivity (Wildman–Crippen MR) is 61.0 cm³/mol. The van der Waals surface area contributed by atoms with E-state index in [1.54, 1.807) is 16.8 Å². The van der Waals surface area contributed by atoms with Gasteiger partial charge < -0.3 is 5.32 Å². The highest BCUT2D eigenvalue weighted by molar-refractivity contribution is 7.13. The van der Waals surface area contributed by atoms with Gasteiger partial charge in [-0.25, -0.2) is 0 Å². The van der Waals surface area contributed by atoms with Crippen molar-refractivity contribution >= 4 is 27.8 Å². The summed E-state index contributed by atoms with van der Waals surface area (Å²) >= 11 is 3.33. The molecule has 0 bridgehead atoms. The molecule has 1 atom stereocenters. The lowest BCUT2D eigenvalue weighted by molar-refractivity contribution is 0.795. The highest BCUT2D eigenvalue weighted by Gasteiger charge is 2.05. The monoisotopic (exact) mass is 225 g/mol. The van der Waals surface area contributed by atoms with Crippen LogP contribution in [0.3, 0.4) is 0 Å². The van der Waals surface area contributed by atoms with E-state index in [2.05, 4.69) is 40.0 Å². The van der Waals surface area contributed by atoms with Crippen LogP contribution in [0.1, 0.15) is 11.8 Å². The molecule has 0 aliphatic rings. The molecule has 0 amide bonds. The van der Waals surface area contributed by atoms with Gasteiger partial charge in [-0.3, -0.25) is 0 Å². The quantitative estimate of drug-likeness (QED) is 0.869. The van der Waals surface area contributed by atoms with Crippen LogP contribution in [0.2, 0.25) is 0 Å². The third-order valence-electron chi connectivity index (χ3n) is 1.82. The summed E-state index contributed by atoms with van der Waals surface area (Å²) in [4.78, 5) is 1.40. The molecule has 2 rings (SSSR count). The molecule has 2 aromatic heterocycles. The van der Waals surface area contributed by atoms with Crippen molar-refractivity contribution < 1.29 is 0 Å². The first-order chi connectivity index (χ1) is 6.84. The Morgan fingerprint density at radius 1 is 1.50 bits per heavy atom. The molecule has 2 aromatic rings. The van der Waals surface area contributed by atoms with Crippen molar-refractivity contribution in [2.45, 2.75) is 19.4 Å². The van der Waals surface area contributed by atoms with Gasteiger partial charge >= 0.3 is 0 Å². The first kappa shape index (κ1) is 9.61. The first-order valence-corrected chi connectivity index (χ1v) is 6.15. The Labute approximate surface area is 90.8 Å². The molecule has 0 fully saturated rings. The van der Waals surface area contributed by atoms with Gasteiger partial charge in [0.2, 0.25) is 5.13 Å². The smallest absolute Gasteiger partial charge is 0.205 e. The van der Waals surface area contributed by atoms with E-state index in [1.165, 1.54) is 16.2 Å². The number of nitrogens with zero attached hydrogens (tertiary/aromatic N) is 2. The van der Waals surface area contributed by atoms with Crippen molar-refractivity contribution in [1.82, 2.24) is 10.2 Å². The molecular formula is C9H11N3S2.